The summed E-state index contributed by atoms with van der Waals surface area (Å²) in [7, 11) is 1.48. The average molecular weight is 289 g/mol. The average Bonchev–Trinajstić information content (AvgIpc) is 2.91. The molecule has 0 atom stereocenters. The summed E-state index contributed by atoms with van der Waals surface area (Å²) in [5, 5.41) is 0.375. The summed E-state index contributed by atoms with van der Waals surface area (Å²) in [6.07, 6.45) is 2.70. The summed E-state index contributed by atoms with van der Waals surface area (Å²) in [5.41, 5.74) is 1.18. The molecule has 3 rings (SSSR count). The van der Waals surface area contributed by atoms with E-state index in [9.17, 15) is 4.79 Å². The van der Waals surface area contributed by atoms with E-state index in [4.69, 9.17) is 16.3 Å². The number of methoxy groups -OCH3 is 1. The highest BCUT2D eigenvalue weighted by molar-refractivity contribution is 6.34. The van der Waals surface area contributed by atoms with Crippen LogP contribution in [-0.4, -0.2) is 32.5 Å². The van der Waals surface area contributed by atoms with E-state index >= 15 is 0 Å². The molecular weight excluding hydrogens is 280 g/mol. The van der Waals surface area contributed by atoms with Gasteiger partial charge in [-0.25, -0.2) is 14.5 Å². The monoisotopic (exact) mass is 288 g/mol. The molecule has 3 aromatic rings. The maximum Gasteiger partial charge on any atom is 0.266 e. The van der Waals surface area contributed by atoms with Gasteiger partial charge in [-0.2, -0.15) is 4.98 Å². The number of hydrogen-bond donors (Lipinski definition) is 0. The number of hydrogen-bond acceptors (Lipinski definition) is 5. The molecule has 0 aliphatic carbocycles. The van der Waals surface area contributed by atoms with E-state index in [0.717, 1.165) is 0 Å². The molecule has 0 aliphatic rings. The Kier molecular flexibility index (Phi) is 3.08. The minimum Gasteiger partial charge on any atom is -0.479 e. The zero-order chi connectivity index (χ0) is 14.1. The van der Waals surface area contributed by atoms with E-state index in [1.807, 2.05) is 0 Å². The van der Waals surface area contributed by atoms with Crippen LogP contribution in [0.5, 0.6) is 5.88 Å². The molecule has 7 heteroatoms. The highest BCUT2D eigenvalue weighted by Crippen LogP contribution is 2.22. The molecule has 0 unspecified atom stereocenters. The van der Waals surface area contributed by atoms with Gasteiger partial charge >= 0.3 is 0 Å². The van der Waals surface area contributed by atoms with Crippen molar-refractivity contribution in [3.05, 3.63) is 47.5 Å². The highest BCUT2D eigenvalue weighted by atomic mass is 35.5. The van der Waals surface area contributed by atoms with E-state index in [2.05, 4.69) is 15.0 Å². The number of nitrogens with zero attached hydrogens (tertiary/aromatic N) is 4. The van der Waals surface area contributed by atoms with Gasteiger partial charge in [-0.1, -0.05) is 23.7 Å². The Morgan fingerprint density at radius 2 is 2.05 bits per heavy atom. The van der Waals surface area contributed by atoms with Crippen LogP contribution in [0.1, 0.15) is 10.4 Å². The van der Waals surface area contributed by atoms with Crippen molar-refractivity contribution in [2.45, 2.75) is 0 Å². The lowest BCUT2D eigenvalue weighted by atomic mass is 10.2. The van der Waals surface area contributed by atoms with E-state index in [1.165, 1.54) is 24.3 Å². The molecule has 0 spiro atoms. The number of halogens is 1. The van der Waals surface area contributed by atoms with Crippen LogP contribution in [0.15, 0.2) is 36.9 Å². The SMILES string of the molecule is COc1ncnc2c1ncn2C(=O)c1ccccc1Cl. The largest absolute Gasteiger partial charge is 0.479 e. The second-order valence-electron chi connectivity index (χ2n) is 3.95. The van der Waals surface area contributed by atoms with Gasteiger partial charge in [-0.05, 0) is 12.1 Å². The van der Waals surface area contributed by atoms with E-state index in [1.54, 1.807) is 24.3 Å². The van der Waals surface area contributed by atoms with Crippen LogP contribution in [0, 0.1) is 0 Å². The standard InChI is InChI=1S/C13H9ClN4O2/c1-20-12-10-11(15-6-16-12)18(7-17-10)13(19)8-4-2-3-5-9(8)14/h2-7H,1H3. The van der Waals surface area contributed by atoms with Gasteiger partial charge in [0.15, 0.2) is 11.2 Å². The lowest BCUT2D eigenvalue weighted by Crippen LogP contribution is -2.12. The van der Waals surface area contributed by atoms with Gasteiger partial charge < -0.3 is 4.74 Å². The van der Waals surface area contributed by atoms with Crippen LogP contribution in [-0.2, 0) is 0 Å². The number of benzene rings is 1. The van der Waals surface area contributed by atoms with Crippen molar-refractivity contribution < 1.29 is 9.53 Å². The van der Waals surface area contributed by atoms with Gasteiger partial charge in [0.25, 0.3) is 5.91 Å². The third-order valence-corrected chi connectivity index (χ3v) is 3.15. The lowest BCUT2D eigenvalue weighted by molar-refractivity contribution is 0.0964. The lowest BCUT2D eigenvalue weighted by Gasteiger charge is -2.04. The Morgan fingerprint density at radius 1 is 1.25 bits per heavy atom. The molecule has 2 aromatic heterocycles. The molecule has 0 amide bonds. The molecule has 1 aromatic carbocycles. The van der Waals surface area contributed by atoms with Crippen LogP contribution >= 0.6 is 11.6 Å². The van der Waals surface area contributed by atoms with Crippen molar-refractivity contribution in [1.82, 2.24) is 19.5 Å². The fraction of sp³-hybridized carbons (Fsp3) is 0.0769. The maximum absolute atomic E-state index is 12.5. The highest BCUT2D eigenvalue weighted by Gasteiger charge is 2.18. The maximum atomic E-state index is 12.5. The molecule has 0 bridgehead atoms. The molecule has 0 radical (unpaired) electrons. The van der Waals surface area contributed by atoms with Crippen molar-refractivity contribution in [1.29, 1.82) is 0 Å². The summed E-state index contributed by atoms with van der Waals surface area (Å²) in [4.78, 5) is 24.6. The summed E-state index contributed by atoms with van der Waals surface area (Å²) >= 11 is 6.03. The fourth-order valence-electron chi connectivity index (χ4n) is 1.88. The topological polar surface area (TPSA) is 69.9 Å². The fourth-order valence-corrected chi connectivity index (χ4v) is 2.09. The molecule has 0 saturated heterocycles. The number of fused-ring (bicyclic) bond motifs is 1. The summed E-state index contributed by atoms with van der Waals surface area (Å²) < 4.78 is 6.41. The van der Waals surface area contributed by atoms with Crippen LogP contribution in [0.25, 0.3) is 11.2 Å². The molecule has 100 valence electrons. The number of imidazole rings is 1. The third-order valence-electron chi connectivity index (χ3n) is 2.82. The number of carbonyl (C=O) groups is 1. The summed E-state index contributed by atoms with van der Waals surface area (Å²) in [5.74, 6) is 0.0135. The number of carbonyl (C=O) groups excluding carboxylic acids is 1. The van der Waals surface area contributed by atoms with Gasteiger partial charge in [0.05, 0.1) is 17.7 Å². The van der Waals surface area contributed by atoms with Crippen LogP contribution in [0.2, 0.25) is 5.02 Å². The molecule has 0 N–H and O–H groups in total. The number of ether oxygens (including phenoxy) is 1. The third kappa shape index (κ3) is 1.90. The molecule has 0 aliphatic heterocycles. The Morgan fingerprint density at radius 3 is 2.80 bits per heavy atom. The smallest absolute Gasteiger partial charge is 0.266 e. The van der Waals surface area contributed by atoms with Crippen molar-refractivity contribution in [2.24, 2.45) is 0 Å². The Labute approximate surface area is 119 Å². The van der Waals surface area contributed by atoms with Crippen LogP contribution < -0.4 is 4.74 Å². The van der Waals surface area contributed by atoms with Crippen LogP contribution in [0.3, 0.4) is 0 Å². The van der Waals surface area contributed by atoms with Crippen molar-refractivity contribution >= 4 is 28.7 Å². The van der Waals surface area contributed by atoms with Gasteiger partial charge in [-0.3, -0.25) is 4.79 Å². The van der Waals surface area contributed by atoms with Crippen molar-refractivity contribution in [2.75, 3.05) is 7.11 Å². The van der Waals surface area contributed by atoms with Gasteiger partial charge in [0.1, 0.15) is 12.7 Å². The zero-order valence-electron chi connectivity index (χ0n) is 10.4. The molecule has 2 heterocycles. The minimum atomic E-state index is -0.307. The normalized spacial score (nSPS) is 10.7. The van der Waals surface area contributed by atoms with E-state index in [0.29, 0.717) is 27.6 Å². The predicted molar refractivity (Wildman–Crippen MR) is 73.1 cm³/mol. The van der Waals surface area contributed by atoms with E-state index in [-0.39, 0.29) is 5.91 Å². The van der Waals surface area contributed by atoms with Crippen LogP contribution in [0.4, 0.5) is 0 Å². The summed E-state index contributed by atoms with van der Waals surface area (Å²) in [6, 6.07) is 6.81. The Balaban J connectivity index is 2.16. The first-order chi connectivity index (χ1) is 9.72. The van der Waals surface area contributed by atoms with E-state index < -0.39 is 0 Å². The second kappa shape index (κ2) is 4.90. The van der Waals surface area contributed by atoms with Gasteiger partial charge in [0, 0.05) is 0 Å². The first kappa shape index (κ1) is 12.6. The quantitative estimate of drug-likeness (QED) is 0.723. The minimum absolute atomic E-state index is 0.307. The predicted octanol–water partition coefficient (Wildman–Crippen LogP) is 2.18. The van der Waals surface area contributed by atoms with Gasteiger partial charge in [0.2, 0.25) is 5.88 Å². The zero-order valence-corrected chi connectivity index (χ0v) is 11.2. The molecule has 20 heavy (non-hydrogen) atoms. The van der Waals surface area contributed by atoms with Crippen molar-refractivity contribution in [3.8, 4) is 5.88 Å². The molecule has 0 saturated carbocycles. The van der Waals surface area contributed by atoms with Gasteiger partial charge in [-0.15, -0.1) is 0 Å². The summed E-state index contributed by atoms with van der Waals surface area (Å²) in [6.45, 7) is 0. The molecule has 6 nitrogen and oxygen atoms in total. The Hall–Kier alpha value is -2.47. The van der Waals surface area contributed by atoms with Crippen molar-refractivity contribution in [3.63, 3.8) is 0 Å². The Bertz CT molecular complexity index is 800. The molecular formula is C13H9ClN4O2. The number of rotatable bonds is 2. The number of aromatic nitrogens is 4. The first-order valence-electron chi connectivity index (χ1n) is 5.73. The molecule has 0 fully saturated rings. The second-order valence-corrected chi connectivity index (χ2v) is 4.36. The first-order valence-corrected chi connectivity index (χ1v) is 6.11.